The second-order valence-corrected chi connectivity index (χ2v) is 4.56. The molecule has 0 radical (unpaired) electrons. The molecule has 2 N–H and O–H groups in total. The minimum absolute atomic E-state index is 0.246. The first-order chi connectivity index (χ1) is 7.58. The highest BCUT2D eigenvalue weighted by Gasteiger charge is 2.24. The Morgan fingerprint density at radius 2 is 2.25 bits per heavy atom. The highest BCUT2D eigenvalue weighted by molar-refractivity contribution is 6.28. The van der Waals surface area contributed by atoms with Gasteiger partial charge in [0.2, 0.25) is 5.28 Å². The van der Waals surface area contributed by atoms with Crippen LogP contribution in [-0.4, -0.2) is 47.6 Å². The van der Waals surface area contributed by atoms with Crippen LogP contribution in [0.1, 0.15) is 6.92 Å². The average molecular weight is 242 g/mol. The summed E-state index contributed by atoms with van der Waals surface area (Å²) in [4.78, 5) is 12.6. The number of nitrogens with zero attached hydrogens (tertiary/aromatic N) is 4. The Bertz CT molecular complexity index is 383. The van der Waals surface area contributed by atoms with Gasteiger partial charge in [0.15, 0.2) is 5.82 Å². The Hall–Kier alpha value is -1.07. The zero-order chi connectivity index (χ0) is 11.7. The first kappa shape index (κ1) is 11.4. The Morgan fingerprint density at radius 3 is 2.94 bits per heavy atom. The summed E-state index contributed by atoms with van der Waals surface area (Å²) in [5.41, 5.74) is 6.46. The quantitative estimate of drug-likeness (QED) is 0.739. The molecule has 1 saturated heterocycles. The number of likely N-dealkylation sites (N-methyl/N-ethyl adjacent to an activating group) is 1. The molecule has 0 amide bonds. The molecular formula is C10H16ClN5. The molecule has 2 rings (SSSR count). The van der Waals surface area contributed by atoms with Crippen molar-refractivity contribution in [3.63, 3.8) is 0 Å². The molecule has 1 aliphatic heterocycles. The van der Waals surface area contributed by atoms with Gasteiger partial charge >= 0.3 is 0 Å². The molecule has 1 unspecified atom stereocenters. The van der Waals surface area contributed by atoms with E-state index >= 15 is 0 Å². The summed E-state index contributed by atoms with van der Waals surface area (Å²) in [5.74, 6) is 0.751. The van der Waals surface area contributed by atoms with E-state index in [1.54, 1.807) is 6.20 Å². The van der Waals surface area contributed by atoms with E-state index in [2.05, 4.69) is 33.7 Å². The van der Waals surface area contributed by atoms with Gasteiger partial charge in [0.25, 0.3) is 0 Å². The van der Waals surface area contributed by atoms with E-state index in [0.29, 0.717) is 11.7 Å². The van der Waals surface area contributed by atoms with E-state index in [-0.39, 0.29) is 5.28 Å². The van der Waals surface area contributed by atoms with Crippen molar-refractivity contribution in [3.8, 4) is 0 Å². The maximum Gasteiger partial charge on any atom is 0.224 e. The van der Waals surface area contributed by atoms with Gasteiger partial charge in [0.05, 0.1) is 11.9 Å². The molecule has 16 heavy (non-hydrogen) atoms. The number of nitrogen functional groups attached to an aromatic ring is 1. The van der Waals surface area contributed by atoms with Crippen molar-refractivity contribution in [3.05, 3.63) is 11.5 Å². The second kappa shape index (κ2) is 4.43. The van der Waals surface area contributed by atoms with E-state index in [0.717, 1.165) is 25.5 Å². The third-order valence-corrected chi connectivity index (χ3v) is 3.05. The van der Waals surface area contributed by atoms with Gasteiger partial charge in [-0.3, -0.25) is 0 Å². The van der Waals surface area contributed by atoms with Gasteiger partial charge in [-0.2, -0.15) is 4.98 Å². The number of hydrogen-bond acceptors (Lipinski definition) is 5. The van der Waals surface area contributed by atoms with E-state index in [1.807, 2.05) is 0 Å². The minimum atomic E-state index is 0.246. The van der Waals surface area contributed by atoms with Crippen LogP contribution in [0.2, 0.25) is 5.28 Å². The SMILES string of the molecule is CC1CN(C)CCN1c1nc(Cl)ncc1N. The van der Waals surface area contributed by atoms with Gasteiger partial charge < -0.3 is 15.5 Å². The molecule has 0 saturated carbocycles. The number of aromatic nitrogens is 2. The third kappa shape index (κ3) is 2.20. The molecule has 0 aromatic carbocycles. The van der Waals surface area contributed by atoms with Crippen molar-refractivity contribution in [1.82, 2.24) is 14.9 Å². The smallest absolute Gasteiger partial charge is 0.224 e. The van der Waals surface area contributed by atoms with E-state index < -0.39 is 0 Å². The zero-order valence-corrected chi connectivity index (χ0v) is 10.3. The Labute approximate surface area is 100 Å². The molecule has 1 aromatic rings. The van der Waals surface area contributed by atoms with Crippen molar-refractivity contribution < 1.29 is 0 Å². The summed E-state index contributed by atoms with van der Waals surface area (Å²) < 4.78 is 0. The van der Waals surface area contributed by atoms with Gasteiger partial charge in [-0.15, -0.1) is 0 Å². The molecule has 1 atom stereocenters. The second-order valence-electron chi connectivity index (χ2n) is 4.22. The van der Waals surface area contributed by atoms with Gasteiger partial charge in [0.1, 0.15) is 0 Å². The zero-order valence-electron chi connectivity index (χ0n) is 9.52. The van der Waals surface area contributed by atoms with Crippen LogP contribution < -0.4 is 10.6 Å². The van der Waals surface area contributed by atoms with Gasteiger partial charge in [-0.25, -0.2) is 4.98 Å². The van der Waals surface area contributed by atoms with Crippen LogP contribution in [-0.2, 0) is 0 Å². The molecule has 2 heterocycles. The summed E-state index contributed by atoms with van der Waals surface area (Å²) in [6, 6.07) is 0.381. The highest BCUT2D eigenvalue weighted by atomic mass is 35.5. The summed E-state index contributed by atoms with van der Waals surface area (Å²) in [6.07, 6.45) is 1.57. The molecule has 88 valence electrons. The van der Waals surface area contributed by atoms with Crippen LogP contribution in [0.5, 0.6) is 0 Å². The lowest BCUT2D eigenvalue weighted by atomic mass is 10.2. The number of nitrogens with two attached hydrogens (primary N) is 1. The molecule has 1 aromatic heterocycles. The number of hydrogen-bond donors (Lipinski definition) is 1. The van der Waals surface area contributed by atoms with Gasteiger partial charge in [0, 0.05) is 25.7 Å². The van der Waals surface area contributed by atoms with Crippen molar-refractivity contribution in [2.24, 2.45) is 0 Å². The van der Waals surface area contributed by atoms with Crippen LogP contribution in [0.4, 0.5) is 11.5 Å². The Morgan fingerprint density at radius 1 is 1.50 bits per heavy atom. The summed E-state index contributed by atoms with van der Waals surface area (Å²) in [6.45, 7) is 5.08. The lowest BCUT2D eigenvalue weighted by Gasteiger charge is -2.39. The van der Waals surface area contributed by atoms with Crippen molar-refractivity contribution >= 4 is 23.1 Å². The van der Waals surface area contributed by atoms with Crippen LogP contribution in [0, 0.1) is 0 Å². The minimum Gasteiger partial charge on any atom is -0.394 e. The highest BCUT2D eigenvalue weighted by Crippen LogP contribution is 2.24. The Balaban J connectivity index is 2.26. The summed E-state index contributed by atoms with van der Waals surface area (Å²) in [7, 11) is 2.12. The fourth-order valence-electron chi connectivity index (χ4n) is 2.05. The largest absolute Gasteiger partial charge is 0.394 e. The monoisotopic (exact) mass is 241 g/mol. The molecule has 5 nitrogen and oxygen atoms in total. The number of halogens is 1. The standard InChI is InChI=1S/C10H16ClN5/c1-7-6-15(2)3-4-16(7)9-8(12)5-13-10(11)14-9/h5,7H,3-4,6,12H2,1-2H3. The van der Waals surface area contributed by atoms with Crippen molar-refractivity contribution in [1.29, 1.82) is 0 Å². The van der Waals surface area contributed by atoms with E-state index in [1.165, 1.54) is 0 Å². The fraction of sp³-hybridized carbons (Fsp3) is 0.600. The van der Waals surface area contributed by atoms with Crippen molar-refractivity contribution in [2.45, 2.75) is 13.0 Å². The topological polar surface area (TPSA) is 58.3 Å². The Kier molecular flexibility index (Phi) is 3.16. The summed E-state index contributed by atoms with van der Waals surface area (Å²) >= 11 is 5.80. The maximum absolute atomic E-state index is 5.88. The predicted molar refractivity (Wildman–Crippen MR) is 65.8 cm³/mol. The maximum atomic E-state index is 5.88. The van der Waals surface area contributed by atoms with Crippen LogP contribution in [0.15, 0.2) is 6.20 Å². The van der Waals surface area contributed by atoms with Crippen LogP contribution in [0.25, 0.3) is 0 Å². The predicted octanol–water partition coefficient (Wildman–Crippen LogP) is 0.853. The molecule has 0 spiro atoms. The molecular weight excluding hydrogens is 226 g/mol. The van der Waals surface area contributed by atoms with Crippen molar-refractivity contribution in [2.75, 3.05) is 37.3 Å². The number of piperazine rings is 1. The molecule has 0 aliphatic carbocycles. The average Bonchev–Trinajstić information content (AvgIpc) is 2.22. The fourth-order valence-corrected chi connectivity index (χ4v) is 2.17. The number of rotatable bonds is 1. The lowest BCUT2D eigenvalue weighted by Crippen LogP contribution is -2.51. The van der Waals surface area contributed by atoms with E-state index in [4.69, 9.17) is 17.3 Å². The normalized spacial score (nSPS) is 22.4. The van der Waals surface area contributed by atoms with Crippen LogP contribution in [0.3, 0.4) is 0 Å². The number of anilines is 2. The molecule has 0 bridgehead atoms. The molecule has 6 heteroatoms. The lowest BCUT2D eigenvalue weighted by molar-refractivity contribution is 0.275. The van der Waals surface area contributed by atoms with Crippen LogP contribution >= 0.6 is 11.6 Å². The van der Waals surface area contributed by atoms with Gasteiger partial charge in [-0.1, -0.05) is 0 Å². The summed E-state index contributed by atoms with van der Waals surface area (Å²) in [5, 5.41) is 0.246. The van der Waals surface area contributed by atoms with E-state index in [9.17, 15) is 0 Å². The first-order valence-electron chi connectivity index (χ1n) is 5.31. The molecule has 1 fully saturated rings. The first-order valence-corrected chi connectivity index (χ1v) is 5.69. The molecule has 1 aliphatic rings. The van der Waals surface area contributed by atoms with Gasteiger partial charge in [-0.05, 0) is 25.6 Å². The third-order valence-electron chi connectivity index (χ3n) is 2.87.